The Hall–Kier alpha value is -1.06. The van der Waals surface area contributed by atoms with Gasteiger partial charge in [-0.05, 0) is 37.3 Å². The van der Waals surface area contributed by atoms with Crippen LogP contribution in [0.3, 0.4) is 0 Å². The van der Waals surface area contributed by atoms with E-state index >= 15 is 0 Å². The van der Waals surface area contributed by atoms with Gasteiger partial charge in [-0.2, -0.15) is 0 Å². The molecule has 0 aromatic heterocycles. The van der Waals surface area contributed by atoms with Crippen LogP contribution in [0.2, 0.25) is 0 Å². The third kappa shape index (κ3) is 2.38. The molecule has 18 heavy (non-hydrogen) atoms. The first kappa shape index (κ1) is 12.0. The lowest BCUT2D eigenvalue weighted by atomic mass is 9.97. The molecule has 1 fully saturated rings. The summed E-state index contributed by atoms with van der Waals surface area (Å²) in [6.45, 7) is 3.12. The van der Waals surface area contributed by atoms with Gasteiger partial charge >= 0.3 is 0 Å². The molecule has 0 saturated carbocycles. The van der Waals surface area contributed by atoms with Crippen LogP contribution in [-0.4, -0.2) is 25.8 Å². The minimum absolute atomic E-state index is 0.209. The van der Waals surface area contributed by atoms with Crippen LogP contribution in [0.25, 0.3) is 0 Å². The highest BCUT2D eigenvalue weighted by Gasteiger charge is 2.23. The molecule has 2 unspecified atom stereocenters. The van der Waals surface area contributed by atoms with E-state index in [0.717, 1.165) is 32.5 Å². The van der Waals surface area contributed by atoms with Crippen molar-refractivity contribution in [3.8, 4) is 0 Å². The highest BCUT2D eigenvalue weighted by molar-refractivity contribution is 5.56. The second-order valence-electron chi connectivity index (χ2n) is 5.36. The molecule has 2 heterocycles. The molecule has 2 N–H and O–H groups in total. The van der Waals surface area contributed by atoms with Crippen LogP contribution in [0.4, 0.5) is 5.69 Å². The summed E-state index contributed by atoms with van der Waals surface area (Å²) in [5, 5.41) is 0. The van der Waals surface area contributed by atoms with Crippen molar-refractivity contribution in [2.75, 3.05) is 24.6 Å². The first-order chi connectivity index (χ1) is 8.84. The molecular weight excluding hydrogens is 224 g/mol. The van der Waals surface area contributed by atoms with Crippen LogP contribution in [0.5, 0.6) is 0 Å². The molecule has 3 nitrogen and oxygen atoms in total. The summed E-state index contributed by atoms with van der Waals surface area (Å²) in [5.41, 5.74) is 8.81. The van der Waals surface area contributed by atoms with Crippen molar-refractivity contribution in [1.29, 1.82) is 0 Å². The van der Waals surface area contributed by atoms with Gasteiger partial charge in [-0.3, -0.25) is 0 Å². The van der Waals surface area contributed by atoms with Gasteiger partial charge in [0.25, 0.3) is 0 Å². The average molecular weight is 246 g/mol. The SMILES string of the molecule is NC1CCN(CCC2CCCO2)c2ccccc21. The molecule has 0 bridgehead atoms. The van der Waals surface area contributed by atoms with Crippen LogP contribution in [-0.2, 0) is 4.74 Å². The van der Waals surface area contributed by atoms with E-state index in [1.165, 1.54) is 24.1 Å². The largest absolute Gasteiger partial charge is 0.378 e. The van der Waals surface area contributed by atoms with Crippen LogP contribution in [0.1, 0.15) is 37.3 Å². The lowest BCUT2D eigenvalue weighted by molar-refractivity contribution is 0.105. The van der Waals surface area contributed by atoms with Crippen molar-refractivity contribution < 1.29 is 4.74 Å². The van der Waals surface area contributed by atoms with E-state index in [1.807, 2.05) is 0 Å². The minimum atomic E-state index is 0.209. The van der Waals surface area contributed by atoms with Gasteiger partial charge < -0.3 is 15.4 Å². The van der Waals surface area contributed by atoms with Gasteiger partial charge in [0.15, 0.2) is 0 Å². The summed E-state index contributed by atoms with van der Waals surface area (Å²) in [6, 6.07) is 8.76. The minimum Gasteiger partial charge on any atom is -0.378 e. The van der Waals surface area contributed by atoms with E-state index in [9.17, 15) is 0 Å². The second-order valence-corrected chi connectivity index (χ2v) is 5.36. The topological polar surface area (TPSA) is 38.5 Å². The molecule has 0 amide bonds. The van der Waals surface area contributed by atoms with Gasteiger partial charge in [-0.1, -0.05) is 18.2 Å². The Bertz CT molecular complexity index is 401. The van der Waals surface area contributed by atoms with Crippen molar-refractivity contribution in [3.05, 3.63) is 29.8 Å². The first-order valence-electron chi connectivity index (χ1n) is 7.05. The molecule has 0 spiro atoms. The maximum absolute atomic E-state index is 6.18. The van der Waals surface area contributed by atoms with E-state index in [1.54, 1.807) is 0 Å². The van der Waals surface area contributed by atoms with Gasteiger partial charge in [0, 0.05) is 31.4 Å². The van der Waals surface area contributed by atoms with E-state index in [4.69, 9.17) is 10.5 Å². The van der Waals surface area contributed by atoms with E-state index in [2.05, 4.69) is 29.2 Å². The molecule has 1 saturated heterocycles. The highest BCUT2D eigenvalue weighted by Crippen LogP contribution is 2.32. The predicted octanol–water partition coefficient (Wildman–Crippen LogP) is 2.47. The van der Waals surface area contributed by atoms with Gasteiger partial charge in [0.05, 0.1) is 6.10 Å². The molecule has 2 aliphatic heterocycles. The molecule has 2 aliphatic rings. The average Bonchev–Trinajstić information content (AvgIpc) is 2.92. The standard InChI is InChI=1S/C15H22N2O/c16-14-8-10-17(9-7-12-4-3-11-18-12)15-6-2-1-5-13(14)15/h1-2,5-6,12,14H,3-4,7-11,16H2. The molecule has 2 atom stereocenters. The summed E-state index contributed by atoms with van der Waals surface area (Å²) in [7, 11) is 0. The van der Waals surface area contributed by atoms with Crippen molar-refractivity contribution >= 4 is 5.69 Å². The molecule has 1 aromatic carbocycles. The summed E-state index contributed by atoms with van der Waals surface area (Å²) in [6.07, 6.45) is 5.14. The monoisotopic (exact) mass is 246 g/mol. The van der Waals surface area contributed by atoms with Gasteiger partial charge in [0.1, 0.15) is 0 Å². The van der Waals surface area contributed by atoms with Crippen LogP contribution in [0.15, 0.2) is 24.3 Å². The zero-order valence-corrected chi connectivity index (χ0v) is 10.8. The summed E-state index contributed by atoms with van der Waals surface area (Å²) < 4.78 is 5.70. The van der Waals surface area contributed by atoms with Crippen molar-refractivity contribution in [2.45, 2.75) is 37.8 Å². The van der Waals surface area contributed by atoms with Gasteiger partial charge in [-0.15, -0.1) is 0 Å². The summed E-state index contributed by atoms with van der Waals surface area (Å²) in [5.74, 6) is 0. The lowest BCUT2D eigenvalue weighted by Crippen LogP contribution is -2.35. The maximum atomic E-state index is 6.18. The number of nitrogens with zero attached hydrogens (tertiary/aromatic N) is 1. The zero-order valence-electron chi connectivity index (χ0n) is 10.8. The fourth-order valence-corrected chi connectivity index (χ4v) is 3.06. The van der Waals surface area contributed by atoms with Gasteiger partial charge in [0.2, 0.25) is 0 Å². The Morgan fingerprint density at radius 2 is 2.17 bits per heavy atom. The predicted molar refractivity (Wildman–Crippen MR) is 73.8 cm³/mol. The number of nitrogens with two attached hydrogens (primary N) is 1. The number of hydrogen-bond acceptors (Lipinski definition) is 3. The Balaban J connectivity index is 1.68. The fraction of sp³-hybridized carbons (Fsp3) is 0.600. The second kappa shape index (κ2) is 5.29. The fourth-order valence-electron chi connectivity index (χ4n) is 3.06. The molecular formula is C15H22N2O. The number of anilines is 1. The molecule has 1 aromatic rings. The molecule has 3 rings (SSSR count). The van der Waals surface area contributed by atoms with Crippen LogP contribution < -0.4 is 10.6 Å². The number of para-hydroxylation sites is 1. The van der Waals surface area contributed by atoms with E-state index < -0.39 is 0 Å². The highest BCUT2D eigenvalue weighted by atomic mass is 16.5. The number of benzene rings is 1. The van der Waals surface area contributed by atoms with Crippen LogP contribution >= 0.6 is 0 Å². The number of fused-ring (bicyclic) bond motifs is 1. The molecule has 98 valence electrons. The van der Waals surface area contributed by atoms with Gasteiger partial charge in [-0.25, -0.2) is 0 Å². The zero-order chi connectivity index (χ0) is 12.4. The van der Waals surface area contributed by atoms with E-state index in [0.29, 0.717) is 6.10 Å². The number of ether oxygens (including phenoxy) is 1. The summed E-state index contributed by atoms with van der Waals surface area (Å²) >= 11 is 0. The Morgan fingerprint density at radius 1 is 1.28 bits per heavy atom. The Labute approximate surface area is 109 Å². The normalized spacial score (nSPS) is 27.3. The Morgan fingerprint density at radius 3 is 3.00 bits per heavy atom. The third-order valence-corrected chi connectivity index (χ3v) is 4.13. The molecule has 0 aliphatic carbocycles. The Kier molecular flexibility index (Phi) is 3.52. The third-order valence-electron chi connectivity index (χ3n) is 4.13. The first-order valence-corrected chi connectivity index (χ1v) is 7.05. The van der Waals surface area contributed by atoms with Crippen LogP contribution in [0, 0.1) is 0 Å². The van der Waals surface area contributed by atoms with Crippen molar-refractivity contribution in [2.24, 2.45) is 5.73 Å². The smallest absolute Gasteiger partial charge is 0.0592 e. The number of rotatable bonds is 3. The molecule has 3 heteroatoms. The maximum Gasteiger partial charge on any atom is 0.0592 e. The molecule has 0 radical (unpaired) electrons. The van der Waals surface area contributed by atoms with Crippen molar-refractivity contribution in [3.63, 3.8) is 0 Å². The van der Waals surface area contributed by atoms with E-state index in [-0.39, 0.29) is 6.04 Å². The van der Waals surface area contributed by atoms with Crippen molar-refractivity contribution in [1.82, 2.24) is 0 Å². The summed E-state index contributed by atoms with van der Waals surface area (Å²) in [4.78, 5) is 2.47. The quantitative estimate of drug-likeness (QED) is 0.890. The lowest BCUT2D eigenvalue weighted by Gasteiger charge is -2.34. The number of hydrogen-bond donors (Lipinski definition) is 1.